The molecule has 0 amide bonds. The van der Waals surface area contributed by atoms with Gasteiger partial charge in [-0.05, 0) is 40.6 Å². The van der Waals surface area contributed by atoms with Crippen molar-refractivity contribution in [2.75, 3.05) is 7.11 Å². The second-order valence-corrected chi connectivity index (χ2v) is 6.35. The smallest absolute Gasteiger partial charge is 0.166 e. The molecule has 0 radical (unpaired) electrons. The van der Waals surface area contributed by atoms with Gasteiger partial charge in [-0.3, -0.25) is 0 Å². The number of aromatic nitrogens is 2. The van der Waals surface area contributed by atoms with Crippen molar-refractivity contribution >= 4 is 45.8 Å². The third-order valence-corrected chi connectivity index (χ3v) is 4.77. The van der Waals surface area contributed by atoms with Crippen molar-refractivity contribution in [3.63, 3.8) is 0 Å². The molecule has 6 heteroatoms. The van der Waals surface area contributed by atoms with Crippen LogP contribution in [0.3, 0.4) is 0 Å². The number of halogens is 3. The number of benzene rings is 1. The van der Waals surface area contributed by atoms with Crippen molar-refractivity contribution in [2.24, 2.45) is 0 Å². The van der Waals surface area contributed by atoms with Crippen LogP contribution in [-0.2, 0) is 0 Å². The third kappa shape index (κ3) is 3.02. The van der Waals surface area contributed by atoms with E-state index in [-0.39, 0.29) is 5.92 Å². The van der Waals surface area contributed by atoms with Crippen LogP contribution < -0.4 is 4.74 Å². The van der Waals surface area contributed by atoms with Crippen molar-refractivity contribution < 1.29 is 4.74 Å². The van der Waals surface area contributed by atoms with Crippen molar-refractivity contribution in [1.29, 1.82) is 0 Å². The van der Waals surface area contributed by atoms with Gasteiger partial charge in [0, 0.05) is 0 Å². The Balaban J connectivity index is 2.71. The van der Waals surface area contributed by atoms with Crippen LogP contribution in [0.5, 0.6) is 5.75 Å². The molecule has 0 aliphatic carbocycles. The highest BCUT2D eigenvalue weighted by molar-refractivity contribution is 14.1. The standard InChI is InChI=1S/C14H13Cl2IN2O/c1-7(2)12-11(17)13(16)19-14(18-12)10-8(15)5-4-6-9(10)20-3/h4-7H,1-3H3. The highest BCUT2D eigenvalue weighted by Crippen LogP contribution is 2.36. The van der Waals surface area contributed by atoms with Gasteiger partial charge >= 0.3 is 0 Å². The summed E-state index contributed by atoms with van der Waals surface area (Å²) in [6.45, 7) is 4.13. The Morgan fingerprint density at radius 3 is 2.50 bits per heavy atom. The van der Waals surface area contributed by atoms with Gasteiger partial charge in [-0.2, -0.15) is 0 Å². The molecule has 3 nitrogen and oxygen atoms in total. The first-order valence-corrected chi connectivity index (χ1v) is 7.85. The van der Waals surface area contributed by atoms with Crippen molar-refractivity contribution in [3.05, 3.63) is 37.6 Å². The molecule has 0 aliphatic rings. The summed E-state index contributed by atoms with van der Waals surface area (Å²) in [4.78, 5) is 8.94. The lowest BCUT2D eigenvalue weighted by Crippen LogP contribution is -2.03. The molecular formula is C14H13Cl2IN2O. The molecule has 0 saturated heterocycles. The SMILES string of the molecule is COc1cccc(Cl)c1-c1nc(Cl)c(I)c(C(C)C)n1. The summed E-state index contributed by atoms with van der Waals surface area (Å²) in [5, 5.41) is 0.970. The average molecular weight is 423 g/mol. The highest BCUT2D eigenvalue weighted by Gasteiger charge is 2.18. The molecule has 0 bridgehead atoms. The van der Waals surface area contributed by atoms with Crippen LogP contribution in [0.4, 0.5) is 0 Å². The van der Waals surface area contributed by atoms with Crippen LogP contribution in [0.25, 0.3) is 11.4 Å². The maximum atomic E-state index is 6.26. The van der Waals surface area contributed by atoms with Gasteiger partial charge in [0.25, 0.3) is 0 Å². The van der Waals surface area contributed by atoms with Gasteiger partial charge in [-0.15, -0.1) is 0 Å². The monoisotopic (exact) mass is 422 g/mol. The lowest BCUT2D eigenvalue weighted by atomic mass is 10.1. The fraction of sp³-hybridized carbons (Fsp3) is 0.286. The number of hydrogen-bond acceptors (Lipinski definition) is 3. The van der Waals surface area contributed by atoms with Crippen LogP contribution in [-0.4, -0.2) is 17.1 Å². The maximum absolute atomic E-state index is 6.26. The molecule has 106 valence electrons. The summed E-state index contributed by atoms with van der Waals surface area (Å²) in [5.41, 5.74) is 1.57. The number of hydrogen-bond donors (Lipinski definition) is 0. The lowest BCUT2D eigenvalue weighted by molar-refractivity contribution is 0.416. The van der Waals surface area contributed by atoms with Gasteiger partial charge in [0.15, 0.2) is 5.82 Å². The molecular weight excluding hydrogens is 410 g/mol. The zero-order chi connectivity index (χ0) is 14.9. The number of nitrogens with zero attached hydrogens (tertiary/aromatic N) is 2. The van der Waals surface area contributed by atoms with Crippen LogP contribution >= 0.6 is 45.8 Å². The van der Waals surface area contributed by atoms with Gasteiger partial charge < -0.3 is 4.74 Å². The Morgan fingerprint density at radius 1 is 1.20 bits per heavy atom. The average Bonchev–Trinajstić information content (AvgIpc) is 2.41. The van der Waals surface area contributed by atoms with E-state index < -0.39 is 0 Å². The highest BCUT2D eigenvalue weighted by atomic mass is 127. The van der Waals surface area contributed by atoms with Gasteiger partial charge in [0.2, 0.25) is 0 Å². The molecule has 2 rings (SSSR count). The Morgan fingerprint density at radius 2 is 1.90 bits per heavy atom. The Kier molecular flexibility index (Phi) is 5.09. The molecule has 0 atom stereocenters. The summed E-state index contributed by atoms with van der Waals surface area (Å²) < 4.78 is 6.21. The Hall–Kier alpha value is -0.590. The zero-order valence-electron chi connectivity index (χ0n) is 11.2. The van der Waals surface area contributed by atoms with Gasteiger partial charge in [-0.25, -0.2) is 9.97 Å². The molecule has 0 saturated carbocycles. The van der Waals surface area contributed by atoms with E-state index in [4.69, 9.17) is 27.9 Å². The normalized spacial score (nSPS) is 10.9. The molecule has 1 aromatic carbocycles. The summed E-state index contributed by atoms with van der Waals surface area (Å²) in [5.74, 6) is 1.36. The second kappa shape index (κ2) is 6.45. The van der Waals surface area contributed by atoms with E-state index >= 15 is 0 Å². The summed E-state index contributed by atoms with van der Waals surface area (Å²) in [6, 6.07) is 5.43. The summed E-state index contributed by atoms with van der Waals surface area (Å²) >= 11 is 14.6. The van der Waals surface area contributed by atoms with E-state index in [0.717, 1.165) is 9.26 Å². The van der Waals surface area contributed by atoms with E-state index in [9.17, 15) is 0 Å². The number of methoxy groups -OCH3 is 1. The molecule has 0 unspecified atom stereocenters. The predicted molar refractivity (Wildman–Crippen MR) is 90.8 cm³/mol. The molecule has 0 aliphatic heterocycles. The Bertz CT molecular complexity index is 647. The quantitative estimate of drug-likeness (QED) is 0.504. The topological polar surface area (TPSA) is 35.0 Å². The summed E-state index contributed by atoms with van der Waals surface area (Å²) in [7, 11) is 1.59. The molecule has 1 heterocycles. The van der Waals surface area contributed by atoms with E-state index in [2.05, 4.69) is 46.4 Å². The van der Waals surface area contributed by atoms with E-state index in [1.165, 1.54) is 0 Å². The second-order valence-electron chi connectivity index (χ2n) is 4.51. The fourth-order valence-corrected chi connectivity index (χ4v) is 3.11. The van der Waals surface area contributed by atoms with Crippen molar-refractivity contribution in [2.45, 2.75) is 19.8 Å². The molecule has 20 heavy (non-hydrogen) atoms. The molecule has 0 N–H and O–H groups in total. The minimum Gasteiger partial charge on any atom is -0.496 e. The van der Waals surface area contributed by atoms with Crippen molar-refractivity contribution in [1.82, 2.24) is 9.97 Å². The van der Waals surface area contributed by atoms with Gasteiger partial charge in [0.05, 0.1) is 27.0 Å². The van der Waals surface area contributed by atoms with Crippen LogP contribution in [0.15, 0.2) is 18.2 Å². The van der Waals surface area contributed by atoms with E-state index in [0.29, 0.717) is 27.3 Å². The largest absolute Gasteiger partial charge is 0.496 e. The van der Waals surface area contributed by atoms with Gasteiger partial charge in [0.1, 0.15) is 10.9 Å². The molecule has 2 aromatic rings. The molecule has 0 fully saturated rings. The number of rotatable bonds is 3. The van der Waals surface area contributed by atoms with E-state index in [1.54, 1.807) is 13.2 Å². The lowest BCUT2D eigenvalue weighted by Gasteiger charge is -2.13. The Labute approximate surface area is 141 Å². The van der Waals surface area contributed by atoms with Crippen molar-refractivity contribution in [3.8, 4) is 17.1 Å². The van der Waals surface area contributed by atoms with Crippen LogP contribution in [0.2, 0.25) is 10.2 Å². The first-order chi connectivity index (χ1) is 9.45. The maximum Gasteiger partial charge on any atom is 0.166 e. The van der Waals surface area contributed by atoms with Crippen LogP contribution in [0.1, 0.15) is 25.5 Å². The first kappa shape index (κ1) is 15.8. The van der Waals surface area contributed by atoms with Crippen LogP contribution in [0, 0.1) is 3.57 Å². The third-order valence-electron chi connectivity index (χ3n) is 2.80. The molecule has 0 spiro atoms. The molecule has 1 aromatic heterocycles. The minimum absolute atomic E-state index is 0.245. The first-order valence-electron chi connectivity index (χ1n) is 6.01. The predicted octanol–water partition coefficient (Wildman–Crippen LogP) is 5.19. The number of ether oxygens (including phenoxy) is 1. The van der Waals surface area contributed by atoms with E-state index in [1.807, 2.05) is 12.1 Å². The van der Waals surface area contributed by atoms with Gasteiger partial charge in [-0.1, -0.05) is 43.1 Å². The fourth-order valence-electron chi connectivity index (χ4n) is 1.82. The summed E-state index contributed by atoms with van der Waals surface area (Å²) in [6.07, 6.45) is 0. The minimum atomic E-state index is 0.245. The zero-order valence-corrected chi connectivity index (χ0v) is 14.9.